The summed E-state index contributed by atoms with van der Waals surface area (Å²) in [7, 11) is 0. The van der Waals surface area contributed by atoms with Crippen molar-refractivity contribution in [1.29, 1.82) is 0 Å². The molecule has 1 unspecified atom stereocenters. The molecule has 3 aromatic carbocycles. The van der Waals surface area contributed by atoms with Crippen molar-refractivity contribution in [2.45, 2.75) is 19.3 Å². The van der Waals surface area contributed by atoms with Gasteiger partial charge in [0.25, 0.3) is 0 Å². The lowest BCUT2D eigenvalue weighted by molar-refractivity contribution is 0.593. The van der Waals surface area contributed by atoms with E-state index in [0.29, 0.717) is 17.9 Å². The van der Waals surface area contributed by atoms with Gasteiger partial charge in [-0.2, -0.15) is 0 Å². The van der Waals surface area contributed by atoms with Crippen molar-refractivity contribution in [3.05, 3.63) is 107 Å². The molecule has 3 nitrogen and oxygen atoms in total. The van der Waals surface area contributed by atoms with Crippen LogP contribution in [-0.2, 0) is 6.42 Å². The fraction of sp³-hybridized carbons (Fsp3) is 0.120. The molecular formula is C25H20FN3. The number of hydrogen-bond acceptors (Lipinski definition) is 3. The molecule has 0 amide bonds. The highest BCUT2D eigenvalue weighted by molar-refractivity contribution is 5.73. The Morgan fingerprint density at radius 2 is 1.72 bits per heavy atom. The number of aryl methyl sites for hydroxylation is 1. The van der Waals surface area contributed by atoms with Crippen LogP contribution in [0.15, 0.2) is 79.0 Å². The second-order valence-corrected chi connectivity index (χ2v) is 7.43. The largest absolute Gasteiger partial charge is 0.324 e. The lowest BCUT2D eigenvalue weighted by Crippen LogP contribution is -2.16. The van der Waals surface area contributed by atoms with Gasteiger partial charge >= 0.3 is 0 Å². The van der Waals surface area contributed by atoms with E-state index in [0.717, 1.165) is 28.1 Å². The van der Waals surface area contributed by atoms with E-state index >= 15 is 0 Å². The predicted octanol–water partition coefficient (Wildman–Crippen LogP) is 6.02. The van der Waals surface area contributed by atoms with Crippen molar-refractivity contribution in [3.63, 3.8) is 0 Å². The summed E-state index contributed by atoms with van der Waals surface area (Å²) < 4.78 is 14.5. The van der Waals surface area contributed by atoms with Crippen molar-refractivity contribution >= 4 is 11.6 Å². The smallest absolute Gasteiger partial charge is 0.227 e. The zero-order valence-corrected chi connectivity index (χ0v) is 16.1. The molecule has 0 bridgehead atoms. The Morgan fingerprint density at radius 1 is 0.931 bits per heavy atom. The fourth-order valence-electron chi connectivity index (χ4n) is 4.08. The molecule has 29 heavy (non-hydrogen) atoms. The maximum absolute atomic E-state index is 14.5. The number of halogens is 1. The number of benzene rings is 3. The molecule has 0 fully saturated rings. The molecule has 0 saturated carbocycles. The van der Waals surface area contributed by atoms with Crippen LogP contribution in [0.1, 0.15) is 28.2 Å². The van der Waals surface area contributed by atoms with Crippen LogP contribution >= 0.6 is 0 Å². The number of hydrogen-bond donors (Lipinski definition) is 1. The number of nitrogens with one attached hydrogen (secondary N) is 1. The second-order valence-electron chi connectivity index (χ2n) is 7.43. The van der Waals surface area contributed by atoms with Crippen LogP contribution in [0.2, 0.25) is 0 Å². The molecule has 1 aliphatic rings. The highest BCUT2D eigenvalue weighted by Gasteiger charge is 2.28. The molecule has 0 radical (unpaired) electrons. The Hall–Kier alpha value is -3.53. The first-order valence-electron chi connectivity index (χ1n) is 9.72. The molecule has 1 N–H and O–H groups in total. The van der Waals surface area contributed by atoms with E-state index in [2.05, 4.69) is 41.5 Å². The van der Waals surface area contributed by atoms with Crippen LogP contribution in [0.5, 0.6) is 0 Å². The Balaban J connectivity index is 1.57. The van der Waals surface area contributed by atoms with Crippen LogP contribution in [-0.4, -0.2) is 9.97 Å². The van der Waals surface area contributed by atoms with Crippen molar-refractivity contribution in [2.24, 2.45) is 0 Å². The zero-order valence-electron chi connectivity index (χ0n) is 16.1. The van der Waals surface area contributed by atoms with E-state index in [9.17, 15) is 4.39 Å². The number of rotatable bonds is 3. The van der Waals surface area contributed by atoms with Crippen LogP contribution < -0.4 is 5.32 Å². The number of fused-ring (bicyclic) bond motifs is 3. The minimum Gasteiger partial charge on any atom is -0.324 e. The van der Waals surface area contributed by atoms with Crippen molar-refractivity contribution in [2.75, 3.05) is 5.32 Å². The lowest BCUT2D eigenvalue weighted by atomic mass is 9.78. The summed E-state index contributed by atoms with van der Waals surface area (Å²) in [5.41, 5.74) is 6.93. The maximum atomic E-state index is 14.5. The van der Waals surface area contributed by atoms with Crippen molar-refractivity contribution < 1.29 is 4.39 Å². The van der Waals surface area contributed by atoms with Crippen LogP contribution in [0.4, 0.5) is 16.0 Å². The van der Waals surface area contributed by atoms with E-state index in [1.807, 2.05) is 42.6 Å². The van der Waals surface area contributed by atoms with Gasteiger partial charge in [-0.05, 0) is 53.8 Å². The topological polar surface area (TPSA) is 37.8 Å². The summed E-state index contributed by atoms with van der Waals surface area (Å²) in [5, 5.41) is 3.30. The van der Waals surface area contributed by atoms with Gasteiger partial charge in [-0.25, -0.2) is 14.4 Å². The van der Waals surface area contributed by atoms with E-state index in [1.165, 1.54) is 11.6 Å². The van der Waals surface area contributed by atoms with Gasteiger partial charge in [-0.3, -0.25) is 0 Å². The molecular weight excluding hydrogens is 361 g/mol. The summed E-state index contributed by atoms with van der Waals surface area (Å²) in [5.74, 6) is 0.349. The molecule has 1 aliphatic carbocycles. The number of anilines is 2. The van der Waals surface area contributed by atoms with Gasteiger partial charge in [0.2, 0.25) is 5.95 Å². The Labute approximate surface area is 169 Å². The van der Waals surface area contributed by atoms with Gasteiger partial charge in [0.05, 0.1) is 5.69 Å². The second kappa shape index (κ2) is 7.13. The van der Waals surface area contributed by atoms with E-state index in [1.54, 1.807) is 6.07 Å². The molecule has 4 heteroatoms. The highest BCUT2D eigenvalue weighted by Crippen LogP contribution is 2.42. The fourth-order valence-corrected chi connectivity index (χ4v) is 4.08. The first-order chi connectivity index (χ1) is 14.2. The molecule has 142 valence electrons. The summed E-state index contributed by atoms with van der Waals surface area (Å²) in [6, 6.07) is 23.3. The first-order valence-corrected chi connectivity index (χ1v) is 9.72. The third kappa shape index (κ3) is 3.27. The van der Waals surface area contributed by atoms with Crippen LogP contribution in [0.3, 0.4) is 0 Å². The van der Waals surface area contributed by atoms with E-state index in [-0.39, 0.29) is 11.7 Å². The molecule has 1 aromatic heterocycles. The van der Waals surface area contributed by atoms with Gasteiger partial charge in [-0.15, -0.1) is 0 Å². The Bertz CT molecular complexity index is 1200. The van der Waals surface area contributed by atoms with E-state index in [4.69, 9.17) is 4.98 Å². The maximum Gasteiger partial charge on any atom is 0.227 e. The minimum absolute atomic E-state index is 0.0425. The summed E-state index contributed by atoms with van der Waals surface area (Å²) in [6.07, 6.45) is 2.54. The molecule has 1 atom stereocenters. The summed E-state index contributed by atoms with van der Waals surface area (Å²) >= 11 is 0. The average Bonchev–Trinajstić information content (AvgIpc) is 2.74. The molecule has 1 heterocycles. The summed E-state index contributed by atoms with van der Waals surface area (Å²) in [4.78, 5) is 9.34. The molecule has 0 saturated heterocycles. The molecule has 5 rings (SSSR count). The van der Waals surface area contributed by atoms with Gasteiger partial charge in [0.15, 0.2) is 0 Å². The van der Waals surface area contributed by atoms with E-state index < -0.39 is 0 Å². The van der Waals surface area contributed by atoms with Gasteiger partial charge in [0, 0.05) is 23.4 Å². The van der Waals surface area contributed by atoms with Crippen LogP contribution in [0, 0.1) is 12.7 Å². The Morgan fingerprint density at radius 3 is 2.55 bits per heavy atom. The molecule has 0 aliphatic heterocycles. The first kappa shape index (κ1) is 17.6. The summed E-state index contributed by atoms with van der Waals surface area (Å²) in [6.45, 7) is 2.05. The van der Waals surface area contributed by atoms with Gasteiger partial charge in [0.1, 0.15) is 5.82 Å². The average molecular weight is 381 g/mol. The van der Waals surface area contributed by atoms with Gasteiger partial charge < -0.3 is 5.32 Å². The highest BCUT2D eigenvalue weighted by atomic mass is 19.1. The Kier molecular flexibility index (Phi) is 4.32. The zero-order chi connectivity index (χ0) is 19.8. The standard InChI is InChI=1S/C25H20FN3/c1-16-7-6-8-18(13-16)28-25-27-15-17-14-22(20-10-4-5-12-23(20)26)19-9-2-3-11-21(19)24(17)29-25/h2-13,15,22H,14H2,1H3,(H,27,28,29). The van der Waals surface area contributed by atoms with Gasteiger partial charge in [-0.1, -0.05) is 54.6 Å². The SMILES string of the molecule is Cc1cccc(Nc2ncc3c(n2)-c2ccccc2C(c2ccccc2F)C3)c1. The predicted molar refractivity (Wildman–Crippen MR) is 114 cm³/mol. The van der Waals surface area contributed by atoms with Crippen molar-refractivity contribution in [3.8, 4) is 11.3 Å². The quantitative estimate of drug-likeness (QED) is 0.471. The number of nitrogens with zero attached hydrogens (tertiary/aromatic N) is 2. The monoisotopic (exact) mass is 381 g/mol. The normalized spacial score (nSPS) is 14.8. The number of aromatic nitrogens is 2. The third-order valence-corrected chi connectivity index (χ3v) is 5.43. The third-order valence-electron chi connectivity index (χ3n) is 5.43. The lowest BCUT2D eigenvalue weighted by Gasteiger charge is -2.27. The minimum atomic E-state index is -0.172. The van der Waals surface area contributed by atoms with Crippen LogP contribution in [0.25, 0.3) is 11.3 Å². The van der Waals surface area contributed by atoms with Crippen molar-refractivity contribution in [1.82, 2.24) is 9.97 Å². The molecule has 0 spiro atoms. The molecule has 4 aromatic rings.